The number of nitrogens with zero attached hydrogens (tertiary/aromatic N) is 1. The number of urea groups is 1. The second kappa shape index (κ2) is 11.0. The lowest BCUT2D eigenvalue weighted by Gasteiger charge is -2.43. The highest BCUT2D eigenvalue weighted by Crippen LogP contribution is 2.39. The number of ketones is 2. The zero-order valence-electron chi connectivity index (χ0n) is 20.3. The average molecular weight is 504 g/mol. The molecule has 0 radical (unpaired) electrons. The van der Waals surface area contributed by atoms with Gasteiger partial charge in [-0.3, -0.25) is 19.7 Å². The van der Waals surface area contributed by atoms with Crippen molar-refractivity contribution in [1.82, 2.24) is 10.2 Å². The van der Waals surface area contributed by atoms with E-state index in [9.17, 15) is 23.6 Å². The number of thiophene rings is 1. The topological polar surface area (TPSA) is 105 Å². The molecule has 188 valence electrons. The SMILES string of the molecule is CCNC(=O)Nc1sc(C(C)=O)c(C)c1C.O=CN1CCC2(CC1)CC(=O)c1cc(F)ccc1O2. The molecule has 2 aromatic rings. The van der Waals surface area contributed by atoms with Gasteiger partial charge in [-0.2, -0.15) is 0 Å². The van der Waals surface area contributed by atoms with E-state index in [0.717, 1.165) is 22.5 Å². The van der Waals surface area contributed by atoms with E-state index in [1.807, 2.05) is 20.8 Å². The van der Waals surface area contributed by atoms with Crippen molar-refractivity contribution < 1.29 is 28.3 Å². The van der Waals surface area contributed by atoms with Crippen LogP contribution in [0.15, 0.2) is 18.2 Å². The molecule has 2 aliphatic rings. The molecule has 0 unspecified atom stereocenters. The first-order valence-electron chi connectivity index (χ1n) is 11.5. The van der Waals surface area contributed by atoms with Gasteiger partial charge in [-0.15, -0.1) is 11.3 Å². The van der Waals surface area contributed by atoms with Gasteiger partial charge in [0.05, 0.1) is 16.9 Å². The second-order valence-corrected chi connectivity index (χ2v) is 9.74. The predicted octanol–water partition coefficient (Wildman–Crippen LogP) is 4.49. The maximum Gasteiger partial charge on any atom is 0.319 e. The number of ether oxygens (including phenoxy) is 1. The van der Waals surface area contributed by atoms with Gasteiger partial charge in [0.25, 0.3) is 0 Å². The number of carbonyl (C=O) groups is 4. The van der Waals surface area contributed by atoms with E-state index >= 15 is 0 Å². The summed E-state index contributed by atoms with van der Waals surface area (Å²) < 4.78 is 19.1. The molecule has 1 spiro atoms. The van der Waals surface area contributed by atoms with E-state index < -0.39 is 11.4 Å². The van der Waals surface area contributed by atoms with Crippen LogP contribution in [0.4, 0.5) is 14.2 Å². The number of hydrogen-bond donors (Lipinski definition) is 2. The van der Waals surface area contributed by atoms with E-state index in [1.165, 1.54) is 36.5 Å². The Morgan fingerprint density at radius 1 is 1.23 bits per heavy atom. The minimum atomic E-state index is -0.526. The van der Waals surface area contributed by atoms with Gasteiger partial charge in [0.15, 0.2) is 11.6 Å². The Balaban J connectivity index is 0.000000199. The summed E-state index contributed by atoms with van der Waals surface area (Å²) in [6.45, 7) is 8.95. The number of nitrogens with one attached hydrogen (secondary N) is 2. The Morgan fingerprint density at radius 2 is 1.91 bits per heavy atom. The van der Waals surface area contributed by atoms with Crippen LogP contribution in [0.3, 0.4) is 0 Å². The summed E-state index contributed by atoms with van der Waals surface area (Å²) in [4.78, 5) is 47.9. The highest BCUT2D eigenvalue weighted by molar-refractivity contribution is 7.18. The van der Waals surface area contributed by atoms with Crippen LogP contribution in [0.1, 0.15) is 64.3 Å². The minimum Gasteiger partial charge on any atom is -0.486 e. The summed E-state index contributed by atoms with van der Waals surface area (Å²) in [6.07, 6.45) is 2.35. The molecule has 4 rings (SSSR count). The standard InChI is InChI=1S/C14H14FNO3.C11H16N2O2S/c15-10-1-2-13-11(7-10)12(18)8-14(19-13)3-5-16(9-17)6-4-14;1-5-12-11(15)13-10-7(3)6(2)9(16-10)8(4)14/h1-2,7,9H,3-6,8H2;5H2,1-4H3,(H2,12,13,15). The minimum absolute atomic E-state index is 0.0366. The summed E-state index contributed by atoms with van der Waals surface area (Å²) >= 11 is 1.33. The van der Waals surface area contributed by atoms with Gasteiger partial charge in [-0.1, -0.05) is 0 Å². The Hall–Kier alpha value is -3.27. The number of piperidine rings is 1. The summed E-state index contributed by atoms with van der Waals surface area (Å²) in [5, 5.41) is 6.14. The van der Waals surface area contributed by atoms with Crippen LogP contribution in [-0.2, 0) is 4.79 Å². The highest BCUT2D eigenvalue weighted by Gasteiger charge is 2.42. The molecule has 2 aliphatic heterocycles. The first-order chi connectivity index (χ1) is 16.6. The van der Waals surface area contributed by atoms with Crippen molar-refractivity contribution in [3.63, 3.8) is 0 Å². The van der Waals surface area contributed by atoms with Crippen molar-refractivity contribution in [3.05, 3.63) is 45.6 Å². The van der Waals surface area contributed by atoms with E-state index in [1.54, 1.807) is 4.90 Å². The van der Waals surface area contributed by atoms with Gasteiger partial charge in [-0.25, -0.2) is 9.18 Å². The third-order valence-corrected chi connectivity index (χ3v) is 7.65. The second-order valence-electron chi connectivity index (χ2n) is 8.72. The third-order valence-electron chi connectivity index (χ3n) is 6.24. The molecular weight excluding hydrogens is 473 g/mol. The molecule has 0 aliphatic carbocycles. The van der Waals surface area contributed by atoms with Crippen LogP contribution in [0.2, 0.25) is 0 Å². The molecule has 35 heavy (non-hydrogen) atoms. The number of carbonyl (C=O) groups excluding carboxylic acids is 4. The molecule has 1 aromatic heterocycles. The summed E-state index contributed by atoms with van der Waals surface area (Å²) in [7, 11) is 0. The number of hydrogen-bond acceptors (Lipinski definition) is 6. The fourth-order valence-electron chi connectivity index (χ4n) is 4.14. The Kier molecular flexibility index (Phi) is 8.26. The maximum atomic E-state index is 13.1. The van der Waals surface area contributed by atoms with Gasteiger partial charge in [-0.05, 0) is 57.0 Å². The van der Waals surface area contributed by atoms with Gasteiger partial charge >= 0.3 is 6.03 Å². The van der Waals surface area contributed by atoms with Crippen molar-refractivity contribution in [2.45, 2.75) is 52.6 Å². The zero-order valence-corrected chi connectivity index (χ0v) is 21.1. The van der Waals surface area contributed by atoms with Crippen LogP contribution < -0.4 is 15.4 Å². The lowest BCUT2D eigenvalue weighted by atomic mass is 9.82. The lowest BCUT2D eigenvalue weighted by Crippen LogP contribution is -2.50. The number of fused-ring (bicyclic) bond motifs is 1. The van der Waals surface area contributed by atoms with Gasteiger partial charge in [0, 0.05) is 32.5 Å². The van der Waals surface area contributed by atoms with Crippen molar-refractivity contribution >= 4 is 40.3 Å². The fourth-order valence-corrected chi connectivity index (χ4v) is 5.24. The van der Waals surface area contributed by atoms with Crippen LogP contribution in [0.25, 0.3) is 0 Å². The average Bonchev–Trinajstić information content (AvgIpc) is 3.09. The number of rotatable bonds is 4. The molecule has 1 fully saturated rings. The fraction of sp³-hybridized carbons (Fsp3) is 0.440. The Bertz CT molecular complexity index is 1140. The zero-order chi connectivity index (χ0) is 25.8. The largest absolute Gasteiger partial charge is 0.486 e. The van der Waals surface area contributed by atoms with Crippen LogP contribution in [-0.4, -0.2) is 54.1 Å². The summed E-state index contributed by atoms with van der Waals surface area (Å²) in [5.74, 6) is -0.0190. The first kappa shape index (κ1) is 26.3. The molecule has 10 heteroatoms. The molecule has 0 atom stereocenters. The van der Waals surface area contributed by atoms with Crippen LogP contribution in [0, 0.1) is 19.7 Å². The molecule has 0 bridgehead atoms. The Morgan fingerprint density at radius 3 is 2.49 bits per heavy atom. The van der Waals surface area contributed by atoms with E-state index in [0.29, 0.717) is 48.7 Å². The quantitative estimate of drug-likeness (QED) is 0.473. The van der Waals surface area contributed by atoms with Crippen LogP contribution >= 0.6 is 11.3 Å². The van der Waals surface area contributed by atoms with Crippen molar-refractivity contribution in [2.24, 2.45) is 0 Å². The predicted molar refractivity (Wildman–Crippen MR) is 132 cm³/mol. The highest BCUT2D eigenvalue weighted by atomic mass is 32.1. The molecule has 1 aromatic carbocycles. The molecule has 0 saturated carbocycles. The molecular formula is C25H30FN3O5S. The molecule has 3 amide bonds. The van der Waals surface area contributed by atoms with Crippen LogP contribution in [0.5, 0.6) is 5.75 Å². The van der Waals surface area contributed by atoms with E-state index in [2.05, 4.69) is 10.6 Å². The monoisotopic (exact) mass is 503 g/mol. The van der Waals surface area contributed by atoms with E-state index in [4.69, 9.17) is 4.74 Å². The molecule has 3 heterocycles. The number of Topliss-reactive ketones (excluding diaryl/α,β-unsaturated/α-hetero) is 2. The van der Waals surface area contributed by atoms with Crippen molar-refractivity contribution in [2.75, 3.05) is 25.0 Å². The number of amides is 3. The lowest BCUT2D eigenvalue weighted by molar-refractivity contribution is -0.121. The normalized spacial score (nSPS) is 15.9. The van der Waals surface area contributed by atoms with Crippen molar-refractivity contribution in [3.8, 4) is 5.75 Å². The number of halogens is 1. The first-order valence-corrected chi connectivity index (χ1v) is 12.3. The van der Waals surface area contributed by atoms with Crippen molar-refractivity contribution in [1.29, 1.82) is 0 Å². The third kappa shape index (κ3) is 6.05. The molecule has 8 nitrogen and oxygen atoms in total. The number of benzene rings is 1. The number of anilines is 1. The number of likely N-dealkylation sites (tertiary alicyclic amines) is 1. The summed E-state index contributed by atoms with van der Waals surface area (Å²) in [6, 6.07) is 3.80. The van der Waals surface area contributed by atoms with E-state index in [-0.39, 0.29) is 24.0 Å². The molecule has 1 saturated heterocycles. The maximum absolute atomic E-state index is 13.1. The van der Waals surface area contributed by atoms with Gasteiger partial charge < -0.3 is 15.0 Å². The Labute approximate surface area is 207 Å². The van der Waals surface area contributed by atoms with Gasteiger partial charge in [0.2, 0.25) is 6.41 Å². The molecule has 2 N–H and O–H groups in total. The smallest absolute Gasteiger partial charge is 0.319 e. The summed E-state index contributed by atoms with van der Waals surface area (Å²) in [5.41, 5.74) is 1.70. The van der Waals surface area contributed by atoms with Gasteiger partial charge in [0.1, 0.15) is 22.2 Å².